The van der Waals surface area contributed by atoms with Gasteiger partial charge < -0.3 is 15.0 Å². The Labute approximate surface area is 180 Å². The zero-order valence-electron chi connectivity index (χ0n) is 16.7. The van der Waals surface area contributed by atoms with Crippen molar-refractivity contribution in [3.05, 3.63) is 60.1 Å². The van der Waals surface area contributed by atoms with Crippen LogP contribution < -0.4 is 15.0 Å². The largest absolute Gasteiger partial charge is 0.479 e. The topological polar surface area (TPSA) is 80.2 Å². The van der Waals surface area contributed by atoms with Crippen LogP contribution in [0.3, 0.4) is 0 Å². The number of pyridine rings is 3. The second-order valence-corrected chi connectivity index (χ2v) is 7.00. The minimum absolute atomic E-state index is 0.0207. The van der Waals surface area contributed by atoms with E-state index < -0.39 is 29.9 Å². The molecule has 0 saturated carbocycles. The molecule has 1 aliphatic heterocycles. The standard InChI is InChI=1S/C21H17F4N5O2/c1-32-21-14(23)7-11(8-28-21)20(31)29-18-12(17-13(22)3-2-5-26-17)4-6-27-19(18)30-9-15(24)16(25)10-30/h2-8,15-16H,9-10H2,1H3,(H,29,31)/t15-,16+. The minimum atomic E-state index is -1.74. The predicted octanol–water partition coefficient (Wildman–Crippen LogP) is 3.57. The van der Waals surface area contributed by atoms with Crippen LogP contribution in [0.1, 0.15) is 10.4 Å². The maximum absolute atomic E-state index is 14.5. The van der Waals surface area contributed by atoms with Crippen LogP contribution >= 0.6 is 0 Å². The number of methoxy groups -OCH3 is 1. The van der Waals surface area contributed by atoms with Crippen molar-refractivity contribution < 1.29 is 27.1 Å². The van der Waals surface area contributed by atoms with Crippen LogP contribution in [0, 0.1) is 11.6 Å². The first kappa shape index (κ1) is 21.5. The number of nitrogens with one attached hydrogen (secondary N) is 1. The van der Waals surface area contributed by atoms with Gasteiger partial charge in [0, 0.05) is 24.2 Å². The third-order valence-corrected chi connectivity index (χ3v) is 4.93. The maximum atomic E-state index is 14.5. The van der Waals surface area contributed by atoms with Gasteiger partial charge in [0.1, 0.15) is 11.5 Å². The predicted molar refractivity (Wildman–Crippen MR) is 108 cm³/mol. The van der Waals surface area contributed by atoms with E-state index in [9.17, 15) is 22.4 Å². The number of hydrogen-bond donors (Lipinski definition) is 1. The van der Waals surface area contributed by atoms with E-state index in [1.165, 1.54) is 42.6 Å². The Balaban J connectivity index is 1.78. The lowest BCUT2D eigenvalue weighted by molar-refractivity contribution is 0.102. The highest BCUT2D eigenvalue weighted by Gasteiger charge is 2.35. The van der Waals surface area contributed by atoms with E-state index in [-0.39, 0.29) is 47.3 Å². The fourth-order valence-electron chi connectivity index (χ4n) is 3.38. The SMILES string of the molecule is COc1ncc(C(=O)Nc2c(-c3ncccc3F)ccnc2N2C[C@@H](F)[C@@H](F)C2)cc1F. The summed E-state index contributed by atoms with van der Waals surface area (Å²) < 4.78 is 60.9. The Morgan fingerprint density at radius 3 is 2.50 bits per heavy atom. The molecule has 3 aromatic heterocycles. The zero-order chi connectivity index (χ0) is 22.8. The lowest BCUT2D eigenvalue weighted by Gasteiger charge is -2.22. The second-order valence-electron chi connectivity index (χ2n) is 7.00. The molecule has 0 spiro atoms. The molecule has 3 aromatic rings. The number of hydrogen-bond acceptors (Lipinski definition) is 6. The molecule has 2 atom stereocenters. The first-order chi connectivity index (χ1) is 15.4. The Bertz CT molecular complexity index is 1150. The van der Waals surface area contributed by atoms with Gasteiger partial charge >= 0.3 is 0 Å². The summed E-state index contributed by atoms with van der Waals surface area (Å²) in [4.78, 5) is 26.1. The van der Waals surface area contributed by atoms with Gasteiger partial charge in [0.25, 0.3) is 5.91 Å². The van der Waals surface area contributed by atoms with Crippen molar-refractivity contribution in [2.75, 3.05) is 30.4 Å². The van der Waals surface area contributed by atoms with Crippen LogP contribution in [0.4, 0.5) is 29.1 Å². The fourth-order valence-corrected chi connectivity index (χ4v) is 3.38. The third kappa shape index (κ3) is 4.05. The first-order valence-electron chi connectivity index (χ1n) is 9.53. The monoisotopic (exact) mass is 447 g/mol. The summed E-state index contributed by atoms with van der Waals surface area (Å²) in [6.07, 6.45) is 0.296. The van der Waals surface area contributed by atoms with Crippen LogP contribution in [-0.2, 0) is 0 Å². The van der Waals surface area contributed by atoms with Gasteiger partial charge in [-0.3, -0.25) is 9.78 Å². The lowest BCUT2D eigenvalue weighted by atomic mass is 10.1. The van der Waals surface area contributed by atoms with Crippen molar-refractivity contribution in [1.29, 1.82) is 0 Å². The van der Waals surface area contributed by atoms with Gasteiger partial charge in [-0.05, 0) is 24.3 Å². The number of amides is 1. The van der Waals surface area contributed by atoms with Crippen LogP contribution in [0.15, 0.2) is 42.9 Å². The van der Waals surface area contributed by atoms with Gasteiger partial charge in [0.15, 0.2) is 24.0 Å². The Hall–Kier alpha value is -3.76. The summed E-state index contributed by atoms with van der Waals surface area (Å²) >= 11 is 0. The average Bonchev–Trinajstić information content (AvgIpc) is 3.12. The third-order valence-electron chi connectivity index (χ3n) is 4.93. The quantitative estimate of drug-likeness (QED) is 0.603. The van der Waals surface area contributed by atoms with Crippen molar-refractivity contribution in [1.82, 2.24) is 15.0 Å². The van der Waals surface area contributed by atoms with E-state index >= 15 is 0 Å². The molecule has 166 valence electrons. The van der Waals surface area contributed by atoms with Crippen molar-refractivity contribution in [3.63, 3.8) is 0 Å². The summed E-state index contributed by atoms with van der Waals surface area (Å²) in [6, 6.07) is 4.91. The molecule has 1 fully saturated rings. The molecule has 0 bridgehead atoms. The summed E-state index contributed by atoms with van der Waals surface area (Å²) in [7, 11) is 1.23. The number of ether oxygens (including phenoxy) is 1. The molecule has 0 unspecified atom stereocenters. The normalized spacial score (nSPS) is 18.0. The van der Waals surface area contributed by atoms with Gasteiger partial charge in [-0.1, -0.05) is 0 Å². The number of alkyl halides is 2. The number of anilines is 2. The molecule has 4 rings (SSSR count). The number of carbonyl (C=O) groups excluding carboxylic acids is 1. The molecule has 0 aliphatic carbocycles. The van der Waals surface area contributed by atoms with Gasteiger partial charge in [0.2, 0.25) is 5.88 Å². The summed E-state index contributed by atoms with van der Waals surface area (Å²) in [5.74, 6) is -2.59. The van der Waals surface area contributed by atoms with Gasteiger partial charge in [-0.2, -0.15) is 0 Å². The molecule has 1 amide bonds. The van der Waals surface area contributed by atoms with Gasteiger partial charge in [-0.15, -0.1) is 0 Å². The van der Waals surface area contributed by atoms with E-state index in [1.807, 2.05) is 0 Å². The molecular formula is C21H17F4N5O2. The molecule has 4 heterocycles. The van der Waals surface area contributed by atoms with Crippen LogP contribution in [-0.4, -0.2) is 53.4 Å². The van der Waals surface area contributed by atoms with E-state index in [4.69, 9.17) is 4.74 Å². The zero-order valence-corrected chi connectivity index (χ0v) is 16.7. The highest BCUT2D eigenvalue weighted by Crippen LogP contribution is 2.37. The number of halogens is 4. The minimum Gasteiger partial charge on any atom is -0.479 e. The summed E-state index contributed by atoms with van der Waals surface area (Å²) in [6.45, 7) is -0.603. The van der Waals surface area contributed by atoms with E-state index in [2.05, 4.69) is 20.3 Å². The molecule has 11 heteroatoms. The fraction of sp³-hybridized carbons (Fsp3) is 0.238. The molecule has 0 aromatic carbocycles. The van der Waals surface area contributed by atoms with Crippen LogP contribution in [0.25, 0.3) is 11.3 Å². The first-order valence-corrected chi connectivity index (χ1v) is 9.53. The molecular weight excluding hydrogens is 430 g/mol. The van der Waals surface area contributed by atoms with Crippen LogP contribution in [0.5, 0.6) is 5.88 Å². The maximum Gasteiger partial charge on any atom is 0.257 e. The Morgan fingerprint density at radius 1 is 1.09 bits per heavy atom. The second kappa shape index (κ2) is 8.77. The molecule has 1 saturated heterocycles. The Morgan fingerprint density at radius 2 is 1.84 bits per heavy atom. The number of nitrogens with zero attached hydrogens (tertiary/aromatic N) is 4. The number of rotatable bonds is 5. The molecule has 32 heavy (non-hydrogen) atoms. The average molecular weight is 447 g/mol. The molecule has 1 aliphatic rings. The summed E-state index contributed by atoms with van der Waals surface area (Å²) in [5.41, 5.74) is -0.134. The van der Waals surface area contributed by atoms with Crippen molar-refractivity contribution in [3.8, 4) is 17.1 Å². The van der Waals surface area contributed by atoms with Gasteiger partial charge in [-0.25, -0.2) is 27.5 Å². The van der Waals surface area contributed by atoms with Gasteiger partial charge in [0.05, 0.1) is 31.5 Å². The van der Waals surface area contributed by atoms with Crippen LogP contribution in [0.2, 0.25) is 0 Å². The Kier molecular flexibility index (Phi) is 5.89. The highest BCUT2D eigenvalue weighted by atomic mass is 19.2. The van der Waals surface area contributed by atoms with E-state index in [1.54, 1.807) is 0 Å². The smallest absolute Gasteiger partial charge is 0.257 e. The lowest BCUT2D eigenvalue weighted by Crippen LogP contribution is -2.25. The molecule has 7 nitrogen and oxygen atoms in total. The number of carbonyl (C=O) groups is 1. The van der Waals surface area contributed by atoms with E-state index in [0.29, 0.717) is 0 Å². The highest BCUT2D eigenvalue weighted by molar-refractivity contribution is 6.08. The van der Waals surface area contributed by atoms with Crippen molar-refractivity contribution >= 4 is 17.4 Å². The van der Waals surface area contributed by atoms with Crippen molar-refractivity contribution in [2.24, 2.45) is 0 Å². The van der Waals surface area contributed by atoms with Crippen molar-refractivity contribution in [2.45, 2.75) is 12.3 Å². The summed E-state index contributed by atoms with van der Waals surface area (Å²) in [5, 5.41) is 2.55. The molecule has 0 radical (unpaired) electrons. The number of aromatic nitrogens is 3. The molecule has 1 N–H and O–H groups in total. The van der Waals surface area contributed by atoms with E-state index in [0.717, 1.165) is 12.3 Å².